The highest BCUT2D eigenvalue weighted by molar-refractivity contribution is 8.29. The van der Waals surface area contributed by atoms with Crippen LogP contribution in [0.15, 0.2) is 0 Å². The number of thioether (sulfide) groups is 2. The first-order valence-corrected chi connectivity index (χ1v) is 6.00. The minimum absolute atomic E-state index is 0.198. The molecule has 56 valence electrons. The summed E-state index contributed by atoms with van der Waals surface area (Å²) >= 11 is 15.9. The first kappa shape index (κ1) is 10.8. The molecule has 0 rings (SSSR count). The Morgan fingerprint density at radius 1 is 1.44 bits per heavy atom. The first-order chi connectivity index (χ1) is 4.06. The van der Waals surface area contributed by atoms with Crippen molar-refractivity contribution in [3.8, 4) is 0 Å². The molecule has 0 amide bonds. The average Bonchev–Trinajstić information content (AvgIpc) is 1.63. The molecule has 5 heteroatoms. The maximum atomic E-state index is 4.22. The normalized spacial score (nSPS) is 12.0. The van der Waals surface area contributed by atoms with Crippen LogP contribution >= 0.6 is 61.4 Å². The Labute approximate surface area is 81.5 Å². The van der Waals surface area contributed by atoms with Gasteiger partial charge in [-0.1, -0.05) is 0 Å². The molecule has 0 saturated heterocycles. The summed E-state index contributed by atoms with van der Waals surface area (Å²) in [4.78, 5) is 0. The lowest BCUT2D eigenvalue weighted by Gasteiger charge is -2.13. The fraction of sp³-hybridized carbons (Fsp3) is 1.00. The van der Waals surface area contributed by atoms with Crippen LogP contribution in [-0.2, 0) is 0 Å². The molecule has 0 saturated carbocycles. The molecule has 0 aromatic rings. The van der Waals surface area contributed by atoms with Crippen LogP contribution in [0.2, 0.25) is 0 Å². The highest BCUT2D eigenvalue weighted by Crippen LogP contribution is 2.34. The summed E-state index contributed by atoms with van der Waals surface area (Å²) in [5.41, 5.74) is 0. The second-order valence-corrected chi connectivity index (χ2v) is 7.77. The SMILES string of the molecule is CC(S)(S)SCSCS. The van der Waals surface area contributed by atoms with E-state index < -0.39 is 0 Å². The standard InChI is InChI=1S/C4H10S5/c1-4(6,7)9-3-8-2-5/h5-7H,2-3H2,1H3. The van der Waals surface area contributed by atoms with Gasteiger partial charge in [-0.25, -0.2) is 0 Å². The van der Waals surface area contributed by atoms with Crippen LogP contribution in [0.1, 0.15) is 6.92 Å². The molecule has 0 aliphatic carbocycles. The van der Waals surface area contributed by atoms with Crippen LogP contribution in [0.5, 0.6) is 0 Å². The predicted molar refractivity (Wildman–Crippen MR) is 60.3 cm³/mol. The molecule has 0 aromatic carbocycles. The van der Waals surface area contributed by atoms with Crippen molar-refractivity contribution in [1.82, 2.24) is 0 Å². The van der Waals surface area contributed by atoms with E-state index in [4.69, 9.17) is 0 Å². The lowest BCUT2D eigenvalue weighted by molar-refractivity contribution is 1.36. The molecule has 0 N–H and O–H groups in total. The summed E-state index contributed by atoms with van der Waals surface area (Å²) in [6, 6.07) is 0. The third-order valence-electron chi connectivity index (χ3n) is 0.507. The fourth-order valence-electron chi connectivity index (χ4n) is 0.191. The topological polar surface area (TPSA) is 0 Å². The lowest BCUT2D eigenvalue weighted by Crippen LogP contribution is -1.98. The molecule has 0 aliphatic rings. The molecule has 0 aliphatic heterocycles. The van der Waals surface area contributed by atoms with E-state index in [0.29, 0.717) is 0 Å². The third-order valence-corrected chi connectivity index (χ3v) is 3.70. The van der Waals surface area contributed by atoms with E-state index in [0.717, 1.165) is 10.2 Å². The van der Waals surface area contributed by atoms with E-state index in [1.807, 2.05) is 6.92 Å². The number of hydrogen-bond acceptors (Lipinski definition) is 5. The molecule has 0 atom stereocenters. The first-order valence-electron chi connectivity index (χ1n) is 2.33. The van der Waals surface area contributed by atoms with E-state index in [1.165, 1.54) is 0 Å². The Morgan fingerprint density at radius 3 is 2.33 bits per heavy atom. The van der Waals surface area contributed by atoms with E-state index in [2.05, 4.69) is 37.9 Å². The largest absolute Gasteiger partial charge is 0.168 e. The van der Waals surface area contributed by atoms with Gasteiger partial charge in [0.2, 0.25) is 0 Å². The van der Waals surface area contributed by atoms with Crippen molar-refractivity contribution in [2.75, 3.05) is 10.2 Å². The van der Waals surface area contributed by atoms with Crippen molar-refractivity contribution in [3.63, 3.8) is 0 Å². The summed E-state index contributed by atoms with van der Waals surface area (Å²) in [5.74, 6) is 0. The summed E-state index contributed by atoms with van der Waals surface area (Å²) in [6.45, 7) is 1.96. The highest BCUT2D eigenvalue weighted by atomic mass is 32.3. The third kappa shape index (κ3) is 9.75. The molecule has 0 fully saturated rings. The van der Waals surface area contributed by atoms with Crippen molar-refractivity contribution in [3.05, 3.63) is 0 Å². The zero-order chi connectivity index (χ0) is 7.33. The van der Waals surface area contributed by atoms with Crippen molar-refractivity contribution >= 4 is 61.4 Å². The van der Waals surface area contributed by atoms with Gasteiger partial charge in [0, 0.05) is 10.2 Å². The number of thiol groups is 3. The van der Waals surface area contributed by atoms with E-state index in [-0.39, 0.29) is 3.41 Å². The minimum Gasteiger partial charge on any atom is -0.168 e. The minimum atomic E-state index is -0.198. The fourth-order valence-corrected chi connectivity index (χ4v) is 3.33. The van der Waals surface area contributed by atoms with Gasteiger partial charge in [-0.3, -0.25) is 0 Å². The van der Waals surface area contributed by atoms with E-state index in [1.54, 1.807) is 23.5 Å². The smallest absolute Gasteiger partial charge is 0.0988 e. The van der Waals surface area contributed by atoms with Crippen LogP contribution in [0, 0.1) is 0 Å². The second kappa shape index (κ2) is 5.41. The molecule has 9 heavy (non-hydrogen) atoms. The molecular formula is C4H10S5. The molecule has 0 aromatic heterocycles. The Kier molecular flexibility index (Phi) is 6.46. The van der Waals surface area contributed by atoms with Crippen molar-refractivity contribution < 1.29 is 0 Å². The van der Waals surface area contributed by atoms with Gasteiger partial charge in [-0.2, -0.15) is 37.9 Å². The van der Waals surface area contributed by atoms with Gasteiger partial charge < -0.3 is 0 Å². The van der Waals surface area contributed by atoms with Crippen LogP contribution in [0.4, 0.5) is 0 Å². The molecule has 0 spiro atoms. The summed E-state index contributed by atoms with van der Waals surface area (Å²) in [6.07, 6.45) is 0. The van der Waals surface area contributed by atoms with Gasteiger partial charge in [0.15, 0.2) is 0 Å². The van der Waals surface area contributed by atoms with Crippen LogP contribution in [-0.4, -0.2) is 13.6 Å². The Bertz CT molecular complexity index is 65.8. The maximum Gasteiger partial charge on any atom is 0.0988 e. The molecule has 0 nitrogen and oxygen atoms in total. The summed E-state index contributed by atoms with van der Waals surface area (Å²) in [7, 11) is 0. The average molecular weight is 218 g/mol. The van der Waals surface area contributed by atoms with E-state index in [9.17, 15) is 0 Å². The number of rotatable bonds is 4. The molecule has 0 unspecified atom stereocenters. The highest BCUT2D eigenvalue weighted by Gasteiger charge is 2.11. The molecular weight excluding hydrogens is 208 g/mol. The van der Waals surface area contributed by atoms with Gasteiger partial charge in [0.05, 0.1) is 3.41 Å². The second-order valence-electron chi connectivity index (χ2n) is 1.53. The van der Waals surface area contributed by atoms with Crippen LogP contribution < -0.4 is 0 Å². The number of hydrogen-bond donors (Lipinski definition) is 3. The lowest BCUT2D eigenvalue weighted by atomic mass is 10.9. The Morgan fingerprint density at radius 2 is 2.00 bits per heavy atom. The Balaban J connectivity index is 3.07. The van der Waals surface area contributed by atoms with Gasteiger partial charge in [0.1, 0.15) is 0 Å². The van der Waals surface area contributed by atoms with Crippen molar-refractivity contribution in [1.29, 1.82) is 0 Å². The Hall–Kier alpha value is 1.75. The predicted octanol–water partition coefficient (Wildman–Crippen LogP) is 2.83. The maximum absolute atomic E-state index is 4.22. The summed E-state index contributed by atoms with van der Waals surface area (Å²) in [5, 5.41) is 1.87. The molecule has 0 bridgehead atoms. The monoisotopic (exact) mass is 218 g/mol. The van der Waals surface area contributed by atoms with Crippen LogP contribution in [0.25, 0.3) is 0 Å². The van der Waals surface area contributed by atoms with Crippen molar-refractivity contribution in [2.24, 2.45) is 0 Å². The van der Waals surface area contributed by atoms with E-state index >= 15 is 0 Å². The van der Waals surface area contributed by atoms with Crippen LogP contribution in [0.3, 0.4) is 0 Å². The zero-order valence-corrected chi connectivity index (χ0v) is 9.39. The quantitative estimate of drug-likeness (QED) is 0.377. The molecule has 0 heterocycles. The van der Waals surface area contributed by atoms with Gasteiger partial charge >= 0.3 is 0 Å². The summed E-state index contributed by atoms with van der Waals surface area (Å²) < 4.78 is -0.198. The van der Waals surface area contributed by atoms with Crippen molar-refractivity contribution in [2.45, 2.75) is 10.3 Å². The molecule has 0 radical (unpaired) electrons. The van der Waals surface area contributed by atoms with Gasteiger partial charge in [-0.15, -0.1) is 23.5 Å². The van der Waals surface area contributed by atoms with Gasteiger partial charge in [0.25, 0.3) is 0 Å². The zero-order valence-electron chi connectivity index (χ0n) is 5.07. The van der Waals surface area contributed by atoms with Gasteiger partial charge in [-0.05, 0) is 6.92 Å².